The lowest BCUT2D eigenvalue weighted by atomic mass is 10.1. The summed E-state index contributed by atoms with van der Waals surface area (Å²) in [6, 6.07) is 13.5. The molecule has 4 nitrogen and oxygen atoms in total. The van der Waals surface area contributed by atoms with E-state index >= 15 is 0 Å². The monoisotopic (exact) mass is 346 g/mol. The maximum Gasteiger partial charge on any atom is 0.225 e. The maximum atomic E-state index is 12.0. The number of hydrogen-bond acceptors (Lipinski definition) is 3. The molecule has 0 radical (unpaired) electrons. The lowest BCUT2D eigenvalue weighted by Crippen LogP contribution is -2.23. The number of nitrogens with one attached hydrogen (secondary N) is 2. The fourth-order valence-electron chi connectivity index (χ4n) is 2.33. The molecular weight excluding hydrogens is 324 g/mol. The second kappa shape index (κ2) is 9.30. The van der Waals surface area contributed by atoms with Gasteiger partial charge in [0.1, 0.15) is 5.75 Å². The summed E-state index contributed by atoms with van der Waals surface area (Å²) >= 11 is 5.95. The number of aryl methyl sites for hydroxylation is 1. The third kappa shape index (κ3) is 5.87. The Labute approximate surface area is 148 Å². The molecule has 0 heterocycles. The van der Waals surface area contributed by atoms with E-state index in [2.05, 4.69) is 16.7 Å². The van der Waals surface area contributed by atoms with Gasteiger partial charge in [0.25, 0.3) is 0 Å². The molecule has 0 bridgehead atoms. The van der Waals surface area contributed by atoms with E-state index in [4.69, 9.17) is 16.3 Å². The van der Waals surface area contributed by atoms with Gasteiger partial charge in [-0.3, -0.25) is 4.79 Å². The Kier molecular flexibility index (Phi) is 7.09. The molecule has 2 aromatic rings. The number of methoxy groups -OCH3 is 1. The predicted octanol–water partition coefficient (Wildman–Crippen LogP) is 3.82. The van der Waals surface area contributed by atoms with Crippen LogP contribution in [0, 0.1) is 6.92 Å². The van der Waals surface area contributed by atoms with E-state index in [0.29, 0.717) is 18.0 Å². The zero-order chi connectivity index (χ0) is 17.4. The van der Waals surface area contributed by atoms with Crippen LogP contribution in [0.4, 0.5) is 5.69 Å². The quantitative estimate of drug-likeness (QED) is 0.714. The third-order valence-electron chi connectivity index (χ3n) is 3.73. The Hall–Kier alpha value is -2.04. The number of hydrogen-bond donors (Lipinski definition) is 2. The Bertz CT molecular complexity index is 689. The molecule has 2 aromatic carbocycles. The van der Waals surface area contributed by atoms with E-state index in [0.717, 1.165) is 30.0 Å². The first-order valence-corrected chi connectivity index (χ1v) is 8.36. The molecule has 0 aliphatic rings. The lowest BCUT2D eigenvalue weighted by Gasteiger charge is -2.09. The molecule has 2 N–H and O–H groups in total. The lowest BCUT2D eigenvalue weighted by molar-refractivity contribution is -0.116. The number of ether oxygens (including phenoxy) is 1. The number of carbonyl (C=O) groups is 1. The average Bonchev–Trinajstić information content (AvgIpc) is 2.58. The zero-order valence-corrected chi connectivity index (χ0v) is 14.8. The van der Waals surface area contributed by atoms with Crippen LogP contribution >= 0.6 is 11.6 Å². The number of rotatable bonds is 8. The summed E-state index contributed by atoms with van der Waals surface area (Å²) in [6.07, 6.45) is 1.32. The van der Waals surface area contributed by atoms with Crippen molar-refractivity contribution < 1.29 is 9.53 Å². The first kappa shape index (κ1) is 18.3. The van der Waals surface area contributed by atoms with Crippen molar-refractivity contribution in [3.8, 4) is 5.75 Å². The molecule has 1 amide bonds. The van der Waals surface area contributed by atoms with Crippen LogP contribution in [0.3, 0.4) is 0 Å². The van der Waals surface area contributed by atoms with Gasteiger partial charge in [0.15, 0.2) is 0 Å². The molecule has 5 heteroatoms. The highest BCUT2D eigenvalue weighted by atomic mass is 35.5. The van der Waals surface area contributed by atoms with E-state index in [-0.39, 0.29) is 5.91 Å². The summed E-state index contributed by atoms with van der Waals surface area (Å²) in [5.74, 6) is 0.845. The van der Waals surface area contributed by atoms with Crippen LogP contribution in [-0.2, 0) is 11.2 Å². The van der Waals surface area contributed by atoms with Crippen LogP contribution in [0.15, 0.2) is 42.5 Å². The molecule has 0 aliphatic heterocycles. The second-order valence-corrected chi connectivity index (χ2v) is 6.05. The largest absolute Gasteiger partial charge is 0.497 e. The van der Waals surface area contributed by atoms with Crippen molar-refractivity contribution in [3.05, 3.63) is 58.6 Å². The number of anilines is 1. The van der Waals surface area contributed by atoms with Gasteiger partial charge in [-0.05, 0) is 55.3 Å². The smallest absolute Gasteiger partial charge is 0.225 e. The average molecular weight is 347 g/mol. The number of benzene rings is 2. The van der Waals surface area contributed by atoms with Gasteiger partial charge in [0.2, 0.25) is 5.91 Å². The molecule has 0 unspecified atom stereocenters. The summed E-state index contributed by atoms with van der Waals surface area (Å²) in [7, 11) is 1.66. The van der Waals surface area contributed by atoms with Crippen molar-refractivity contribution in [1.82, 2.24) is 5.32 Å². The molecule has 24 heavy (non-hydrogen) atoms. The second-order valence-electron chi connectivity index (χ2n) is 5.61. The fourth-order valence-corrected chi connectivity index (χ4v) is 2.50. The first-order valence-electron chi connectivity index (χ1n) is 7.98. The summed E-state index contributed by atoms with van der Waals surface area (Å²) < 4.78 is 5.21. The van der Waals surface area contributed by atoms with Crippen LogP contribution in [-0.4, -0.2) is 26.1 Å². The zero-order valence-electron chi connectivity index (χ0n) is 14.1. The highest BCUT2D eigenvalue weighted by molar-refractivity contribution is 6.31. The molecule has 0 saturated heterocycles. The van der Waals surface area contributed by atoms with Crippen molar-refractivity contribution in [2.24, 2.45) is 0 Å². The molecule has 0 atom stereocenters. The highest BCUT2D eigenvalue weighted by Gasteiger charge is 2.05. The normalized spacial score (nSPS) is 10.5. The SMILES string of the molecule is COc1cccc(CCNCCC(=O)Nc2cc(Cl)ccc2C)c1. The van der Waals surface area contributed by atoms with Crippen molar-refractivity contribution in [3.63, 3.8) is 0 Å². The van der Waals surface area contributed by atoms with E-state index in [1.54, 1.807) is 13.2 Å². The van der Waals surface area contributed by atoms with Gasteiger partial charge >= 0.3 is 0 Å². The summed E-state index contributed by atoms with van der Waals surface area (Å²) in [5, 5.41) is 6.80. The van der Waals surface area contributed by atoms with Gasteiger partial charge in [0, 0.05) is 23.7 Å². The van der Waals surface area contributed by atoms with Gasteiger partial charge in [-0.1, -0.05) is 29.8 Å². The van der Waals surface area contributed by atoms with Crippen LogP contribution in [0.5, 0.6) is 5.75 Å². The Morgan fingerprint density at radius 3 is 2.79 bits per heavy atom. The first-order chi connectivity index (χ1) is 11.6. The summed E-state index contributed by atoms with van der Waals surface area (Å²) in [5.41, 5.74) is 2.98. The summed E-state index contributed by atoms with van der Waals surface area (Å²) in [4.78, 5) is 12.0. The Morgan fingerprint density at radius 1 is 1.17 bits per heavy atom. The Balaban J connectivity index is 1.68. The van der Waals surface area contributed by atoms with Gasteiger partial charge < -0.3 is 15.4 Å². The van der Waals surface area contributed by atoms with Crippen LogP contribution in [0.1, 0.15) is 17.5 Å². The topological polar surface area (TPSA) is 50.4 Å². The van der Waals surface area contributed by atoms with E-state index in [1.165, 1.54) is 5.56 Å². The predicted molar refractivity (Wildman–Crippen MR) is 99.0 cm³/mol. The van der Waals surface area contributed by atoms with E-state index < -0.39 is 0 Å². The van der Waals surface area contributed by atoms with E-state index in [1.807, 2.05) is 37.3 Å². The van der Waals surface area contributed by atoms with Gasteiger partial charge in [-0.2, -0.15) is 0 Å². The molecule has 0 fully saturated rings. The minimum absolute atomic E-state index is 0.0192. The number of halogens is 1. The van der Waals surface area contributed by atoms with Gasteiger partial charge in [0.05, 0.1) is 7.11 Å². The van der Waals surface area contributed by atoms with Crippen molar-refractivity contribution >= 4 is 23.2 Å². The van der Waals surface area contributed by atoms with Crippen LogP contribution in [0.25, 0.3) is 0 Å². The van der Waals surface area contributed by atoms with Crippen molar-refractivity contribution in [2.45, 2.75) is 19.8 Å². The minimum atomic E-state index is -0.0192. The molecule has 128 valence electrons. The van der Waals surface area contributed by atoms with Crippen molar-refractivity contribution in [2.75, 3.05) is 25.5 Å². The fraction of sp³-hybridized carbons (Fsp3) is 0.316. The van der Waals surface area contributed by atoms with Crippen LogP contribution < -0.4 is 15.4 Å². The van der Waals surface area contributed by atoms with Gasteiger partial charge in [-0.25, -0.2) is 0 Å². The standard InChI is InChI=1S/C19H23ClN2O2/c1-14-6-7-16(20)13-18(14)22-19(23)9-11-21-10-8-15-4-3-5-17(12-15)24-2/h3-7,12-13,21H,8-11H2,1-2H3,(H,22,23). The maximum absolute atomic E-state index is 12.0. The molecule has 0 saturated carbocycles. The molecule has 0 aromatic heterocycles. The number of carbonyl (C=O) groups excluding carboxylic acids is 1. The van der Waals surface area contributed by atoms with Gasteiger partial charge in [-0.15, -0.1) is 0 Å². The number of amides is 1. The van der Waals surface area contributed by atoms with Crippen LogP contribution in [0.2, 0.25) is 5.02 Å². The molecule has 0 spiro atoms. The van der Waals surface area contributed by atoms with Crippen molar-refractivity contribution in [1.29, 1.82) is 0 Å². The Morgan fingerprint density at radius 2 is 2.00 bits per heavy atom. The third-order valence-corrected chi connectivity index (χ3v) is 3.96. The molecule has 0 aliphatic carbocycles. The highest BCUT2D eigenvalue weighted by Crippen LogP contribution is 2.20. The minimum Gasteiger partial charge on any atom is -0.497 e. The molecule has 2 rings (SSSR count). The summed E-state index contributed by atoms with van der Waals surface area (Å²) in [6.45, 7) is 3.39. The molecular formula is C19H23ClN2O2. The van der Waals surface area contributed by atoms with E-state index in [9.17, 15) is 4.79 Å².